The fourth-order valence-corrected chi connectivity index (χ4v) is 2.62. The fourth-order valence-electron chi connectivity index (χ4n) is 2.62. The first-order valence-corrected chi connectivity index (χ1v) is 7.81. The molecule has 0 N–H and O–H groups in total. The maximum absolute atomic E-state index is 12.6. The number of morpholine rings is 1. The highest BCUT2D eigenvalue weighted by molar-refractivity contribution is 6.02. The molecule has 1 aromatic heterocycles. The molecular weight excluding hydrogens is 339 g/mol. The molecule has 0 atom stereocenters. The highest BCUT2D eigenvalue weighted by Gasteiger charge is 2.38. The normalized spacial score (nSPS) is 15.4. The number of ketones is 1. The second-order valence-electron chi connectivity index (χ2n) is 5.53. The van der Waals surface area contributed by atoms with Crippen LogP contribution < -0.4 is 4.90 Å². The summed E-state index contributed by atoms with van der Waals surface area (Å²) in [5, 5.41) is 3.37. The minimum Gasteiger partial charge on any atom is -0.378 e. The van der Waals surface area contributed by atoms with Crippen molar-refractivity contribution in [1.82, 2.24) is 10.1 Å². The Morgan fingerprint density at radius 3 is 2.60 bits per heavy atom. The Kier molecular flexibility index (Phi) is 4.76. The number of nitrogens with zero attached hydrogens (tertiary/aromatic N) is 3. The molecule has 1 aliphatic rings. The van der Waals surface area contributed by atoms with Crippen molar-refractivity contribution < 1.29 is 27.2 Å². The van der Waals surface area contributed by atoms with Crippen molar-refractivity contribution in [3.05, 3.63) is 29.7 Å². The van der Waals surface area contributed by atoms with Gasteiger partial charge >= 0.3 is 12.1 Å². The average Bonchev–Trinajstić information content (AvgIpc) is 3.12. The van der Waals surface area contributed by atoms with Gasteiger partial charge in [0.2, 0.25) is 5.82 Å². The van der Waals surface area contributed by atoms with E-state index in [-0.39, 0.29) is 18.0 Å². The van der Waals surface area contributed by atoms with Crippen molar-refractivity contribution in [1.29, 1.82) is 0 Å². The van der Waals surface area contributed by atoms with E-state index in [4.69, 9.17) is 4.74 Å². The number of alkyl halides is 3. The third-order valence-electron chi connectivity index (χ3n) is 3.90. The van der Waals surface area contributed by atoms with E-state index in [1.54, 1.807) is 19.1 Å². The Bertz CT molecular complexity index is 767. The van der Waals surface area contributed by atoms with Gasteiger partial charge in [-0.3, -0.25) is 4.79 Å². The Hall–Kier alpha value is -2.42. The van der Waals surface area contributed by atoms with Crippen LogP contribution in [0.5, 0.6) is 0 Å². The number of carbonyl (C=O) groups is 1. The highest BCUT2D eigenvalue weighted by atomic mass is 19.4. The predicted molar refractivity (Wildman–Crippen MR) is 82.4 cm³/mol. The standard InChI is InChI=1S/C16H16F3N3O3/c1-2-13(23)11-9-10(14-20-15(25-21-14)16(17,18)19)3-4-12(11)22-5-7-24-8-6-22/h3-4,9H,2,5-8H2,1H3. The topological polar surface area (TPSA) is 68.5 Å². The molecule has 1 aromatic carbocycles. The lowest BCUT2D eigenvalue weighted by atomic mass is 10.0. The van der Waals surface area contributed by atoms with Crippen LogP contribution in [0.1, 0.15) is 29.6 Å². The second-order valence-corrected chi connectivity index (χ2v) is 5.53. The number of hydrogen-bond acceptors (Lipinski definition) is 6. The molecule has 134 valence electrons. The number of halogens is 3. The third-order valence-corrected chi connectivity index (χ3v) is 3.90. The lowest BCUT2D eigenvalue weighted by molar-refractivity contribution is -0.159. The third kappa shape index (κ3) is 3.65. The number of ether oxygens (including phenoxy) is 1. The van der Waals surface area contributed by atoms with E-state index in [1.807, 2.05) is 4.90 Å². The zero-order chi connectivity index (χ0) is 18.0. The molecule has 1 fully saturated rings. The van der Waals surface area contributed by atoms with Crippen LogP contribution in [0.2, 0.25) is 0 Å². The monoisotopic (exact) mass is 355 g/mol. The van der Waals surface area contributed by atoms with Crippen molar-refractivity contribution >= 4 is 11.5 Å². The van der Waals surface area contributed by atoms with Crippen molar-refractivity contribution in [2.24, 2.45) is 0 Å². The summed E-state index contributed by atoms with van der Waals surface area (Å²) in [5.74, 6) is -1.72. The van der Waals surface area contributed by atoms with Crippen LogP contribution in [0.15, 0.2) is 22.7 Å². The van der Waals surface area contributed by atoms with Gasteiger partial charge in [-0.2, -0.15) is 18.2 Å². The quantitative estimate of drug-likeness (QED) is 0.785. The van der Waals surface area contributed by atoms with Crippen LogP contribution in [0.3, 0.4) is 0 Å². The molecule has 0 unspecified atom stereocenters. The number of hydrogen-bond donors (Lipinski definition) is 0. The van der Waals surface area contributed by atoms with Crippen LogP contribution in [0.4, 0.5) is 18.9 Å². The predicted octanol–water partition coefficient (Wildman–Crippen LogP) is 3.18. The number of anilines is 1. The first-order valence-electron chi connectivity index (χ1n) is 7.81. The van der Waals surface area contributed by atoms with Gasteiger partial charge in [-0.25, -0.2) is 0 Å². The first-order chi connectivity index (χ1) is 11.9. The summed E-state index contributed by atoms with van der Waals surface area (Å²) in [5.41, 5.74) is 1.46. The SMILES string of the molecule is CCC(=O)c1cc(-c2noc(C(F)(F)F)n2)ccc1N1CCOCC1. The summed E-state index contributed by atoms with van der Waals surface area (Å²) >= 11 is 0. The molecule has 25 heavy (non-hydrogen) atoms. The van der Waals surface area contributed by atoms with Crippen LogP contribution >= 0.6 is 0 Å². The molecule has 9 heteroatoms. The maximum Gasteiger partial charge on any atom is 0.471 e. The van der Waals surface area contributed by atoms with Crippen molar-refractivity contribution in [2.45, 2.75) is 19.5 Å². The summed E-state index contributed by atoms with van der Waals surface area (Å²) in [6, 6.07) is 4.80. The number of benzene rings is 1. The van der Waals surface area contributed by atoms with Crippen molar-refractivity contribution in [3.8, 4) is 11.4 Å². The molecule has 0 spiro atoms. The van der Waals surface area contributed by atoms with Gasteiger partial charge in [-0.15, -0.1) is 0 Å². The number of rotatable bonds is 4. The minimum absolute atomic E-state index is 0.108. The second kappa shape index (κ2) is 6.83. The van der Waals surface area contributed by atoms with E-state index < -0.39 is 12.1 Å². The summed E-state index contributed by atoms with van der Waals surface area (Å²) in [6.07, 6.45) is -4.43. The van der Waals surface area contributed by atoms with Gasteiger partial charge in [0.25, 0.3) is 0 Å². The van der Waals surface area contributed by atoms with E-state index in [0.29, 0.717) is 37.4 Å². The summed E-state index contributed by atoms with van der Waals surface area (Å²) in [6.45, 7) is 4.13. The Labute approximate surface area is 141 Å². The van der Waals surface area contributed by atoms with Crippen molar-refractivity contribution in [2.75, 3.05) is 31.2 Å². The van der Waals surface area contributed by atoms with E-state index in [0.717, 1.165) is 5.69 Å². The van der Waals surface area contributed by atoms with Gasteiger partial charge < -0.3 is 14.2 Å². The minimum atomic E-state index is -4.71. The van der Waals surface area contributed by atoms with Gasteiger partial charge in [-0.05, 0) is 18.2 Å². The molecule has 3 rings (SSSR count). The van der Waals surface area contributed by atoms with Crippen LogP contribution in [-0.2, 0) is 10.9 Å². The summed E-state index contributed by atoms with van der Waals surface area (Å²) in [7, 11) is 0. The largest absolute Gasteiger partial charge is 0.471 e. The van der Waals surface area contributed by atoms with Crippen LogP contribution in [0.25, 0.3) is 11.4 Å². The molecule has 0 saturated carbocycles. The van der Waals surface area contributed by atoms with E-state index in [9.17, 15) is 18.0 Å². The smallest absolute Gasteiger partial charge is 0.378 e. The van der Waals surface area contributed by atoms with E-state index in [1.165, 1.54) is 6.07 Å². The molecular formula is C16H16F3N3O3. The van der Waals surface area contributed by atoms with Crippen LogP contribution in [0, 0.1) is 0 Å². The van der Waals surface area contributed by atoms with Gasteiger partial charge in [0.05, 0.1) is 13.2 Å². The zero-order valence-corrected chi connectivity index (χ0v) is 13.5. The number of aromatic nitrogens is 2. The highest BCUT2D eigenvalue weighted by Crippen LogP contribution is 2.31. The van der Waals surface area contributed by atoms with Gasteiger partial charge in [0.15, 0.2) is 5.78 Å². The van der Waals surface area contributed by atoms with Crippen LogP contribution in [-0.4, -0.2) is 42.2 Å². The number of Topliss-reactive ketones (excluding diaryl/α,β-unsaturated/α-hetero) is 1. The van der Waals surface area contributed by atoms with Gasteiger partial charge in [0.1, 0.15) is 0 Å². The molecule has 2 aromatic rings. The molecule has 0 aliphatic carbocycles. The first kappa shape index (κ1) is 17.4. The zero-order valence-electron chi connectivity index (χ0n) is 13.5. The summed E-state index contributed by atoms with van der Waals surface area (Å²) < 4.78 is 47.4. The Morgan fingerprint density at radius 2 is 2.00 bits per heavy atom. The Morgan fingerprint density at radius 1 is 1.28 bits per heavy atom. The maximum atomic E-state index is 12.6. The molecule has 6 nitrogen and oxygen atoms in total. The lowest BCUT2D eigenvalue weighted by Crippen LogP contribution is -2.37. The molecule has 0 bridgehead atoms. The molecule has 2 heterocycles. The average molecular weight is 355 g/mol. The van der Waals surface area contributed by atoms with E-state index >= 15 is 0 Å². The van der Waals surface area contributed by atoms with Gasteiger partial charge in [0, 0.05) is 36.3 Å². The van der Waals surface area contributed by atoms with Gasteiger partial charge in [-0.1, -0.05) is 12.1 Å². The molecule has 0 radical (unpaired) electrons. The molecule has 1 saturated heterocycles. The van der Waals surface area contributed by atoms with Crippen molar-refractivity contribution in [3.63, 3.8) is 0 Å². The molecule has 0 amide bonds. The summed E-state index contributed by atoms with van der Waals surface area (Å²) in [4.78, 5) is 17.7. The molecule has 1 aliphatic heterocycles. The lowest BCUT2D eigenvalue weighted by Gasteiger charge is -2.30. The fraction of sp³-hybridized carbons (Fsp3) is 0.438. The number of carbonyl (C=O) groups excluding carboxylic acids is 1. The van der Waals surface area contributed by atoms with E-state index in [2.05, 4.69) is 14.7 Å². The Balaban J connectivity index is 1.99.